The van der Waals surface area contributed by atoms with Gasteiger partial charge >= 0.3 is 5.97 Å². The molecule has 1 aliphatic rings. The highest BCUT2D eigenvalue weighted by Crippen LogP contribution is 2.35. The van der Waals surface area contributed by atoms with Crippen molar-refractivity contribution in [3.05, 3.63) is 0 Å². The number of carboxylic acid groups (broad SMARTS) is 1. The van der Waals surface area contributed by atoms with Crippen LogP contribution in [-0.2, 0) is 9.53 Å². The second-order valence-electron chi connectivity index (χ2n) is 3.95. The molecule has 1 heterocycles. The van der Waals surface area contributed by atoms with Gasteiger partial charge in [0, 0.05) is 6.42 Å². The van der Waals surface area contributed by atoms with Crippen LogP contribution in [0.5, 0.6) is 0 Å². The zero-order valence-corrected chi connectivity index (χ0v) is 8.15. The zero-order valence-electron chi connectivity index (χ0n) is 8.15. The number of rotatable bonds is 1. The number of hydrogen-bond acceptors (Lipinski definition) is 3. The van der Waals surface area contributed by atoms with Crippen LogP contribution in [0.3, 0.4) is 0 Å². The number of carbonyl (C=O) groups is 1. The molecule has 13 heavy (non-hydrogen) atoms. The van der Waals surface area contributed by atoms with Gasteiger partial charge in [-0.25, -0.2) is 4.79 Å². The molecule has 0 saturated carbocycles. The van der Waals surface area contributed by atoms with Crippen LogP contribution >= 0.6 is 0 Å². The first-order chi connectivity index (χ1) is 5.87. The Hall–Kier alpha value is -0.610. The fourth-order valence-electron chi connectivity index (χ4n) is 1.69. The Bertz CT molecular complexity index is 202. The maximum atomic E-state index is 10.7. The molecule has 76 valence electrons. The molecule has 0 aliphatic carbocycles. The Morgan fingerprint density at radius 1 is 1.46 bits per heavy atom. The van der Waals surface area contributed by atoms with Crippen LogP contribution in [0.2, 0.25) is 0 Å². The minimum atomic E-state index is -1.98. The van der Waals surface area contributed by atoms with Gasteiger partial charge in [0.15, 0.2) is 0 Å². The Morgan fingerprint density at radius 2 is 2.00 bits per heavy atom. The van der Waals surface area contributed by atoms with Crippen LogP contribution in [0, 0.1) is 11.8 Å². The summed E-state index contributed by atoms with van der Waals surface area (Å²) >= 11 is 0. The van der Waals surface area contributed by atoms with Crippen LogP contribution < -0.4 is 0 Å². The number of ether oxygens (including phenoxy) is 1. The monoisotopic (exact) mass is 188 g/mol. The van der Waals surface area contributed by atoms with Crippen molar-refractivity contribution in [3.63, 3.8) is 0 Å². The molecule has 1 fully saturated rings. The number of aliphatic hydroxyl groups is 1. The van der Waals surface area contributed by atoms with Gasteiger partial charge in [-0.1, -0.05) is 13.8 Å². The lowest BCUT2D eigenvalue weighted by Crippen LogP contribution is -2.51. The molecule has 0 bridgehead atoms. The third kappa shape index (κ3) is 1.84. The summed E-state index contributed by atoms with van der Waals surface area (Å²) in [6.07, 6.45) is -0.0572. The van der Waals surface area contributed by atoms with Crippen molar-refractivity contribution in [1.82, 2.24) is 0 Å². The van der Waals surface area contributed by atoms with Gasteiger partial charge in [0.2, 0.25) is 0 Å². The lowest BCUT2D eigenvalue weighted by molar-refractivity contribution is -0.271. The lowest BCUT2D eigenvalue weighted by Gasteiger charge is -2.40. The van der Waals surface area contributed by atoms with Gasteiger partial charge in [-0.3, -0.25) is 0 Å². The van der Waals surface area contributed by atoms with E-state index in [0.29, 0.717) is 0 Å². The Morgan fingerprint density at radius 3 is 2.38 bits per heavy atom. The fraction of sp³-hybridized carbons (Fsp3) is 0.889. The summed E-state index contributed by atoms with van der Waals surface area (Å²) in [6.45, 7) is 5.71. The molecule has 0 amide bonds. The highest BCUT2D eigenvalue weighted by molar-refractivity contribution is 5.75. The van der Waals surface area contributed by atoms with E-state index in [9.17, 15) is 9.90 Å². The van der Waals surface area contributed by atoms with Gasteiger partial charge in [-0.2, -0.15) is 0 Å². The molecule has 2 N–H and O–H groups in total. The molecule has 4 unspecified atom stereocenters. The van der Waals surface area contributed by atoms with Crippen LogP contribution in [0.1, 0.15) is 27.2 Å². The van der Waals surface area contributed by atoms with Gasteiger partial charge in [-0.15, -0.1) is 0 Å². The van der Waals surface area contributed by atoms with Crippen LogP contribution in [0.25, 0.3) is 0 Å². The lowest BCUT2D eigenvalue weighted by atomic mass is 9.83. The van der Waals surface area contributed by atoms with Crippen molar-refractivity contribution >= 4 is 5.97 Å². The molecule has 0 aromatic heterocycles. The molecule has 4 heteroatoms. The predicted molar refractivity (Wildman–Crippen MR) is 46.1 cm³/mol. The van der Waals surface area contributed by atoms with Crippen molar-refractivity contribution in [2.45, 2.75) is 39.1 Å². The quantitative estimate of drug-likeness (QED) is 0.640. The zero-order chi connectivity index (χ0) is 10.2. The van der Waals surface area contributed by atoms with Gasteiger partial charge in [0.05, 0.1) is 6.10 Å². The minimum absolute atomic E-state index is 0.157. The molecule has 1 saturated heterocycles. The Balaban J connectivity index is 2.79. The minimum Gasteiger partial charge on any atom is -0.477 e. The second-order valence-corrected chi connectivity index (χ2v) is 3.95. The molecule has 4 nitrogen and oxygen atoms in total. The normalized spacial score (nSPS) is 46.0. The average molecular weight is 188 g/mol. The largest absolute Gasteiger partial charge is 0.477 e. The SMILES string of the molecule is CC1CC(O)(C(=O)O)OC(C)C1C. The number of carboxylic acids is 1. The smallest absolute Gasteiger partial charge is 0.364 e. The molecule has 4 atom stereocenters. The van der Waals surface area contributed by atoms with E-state index >= 15 is 0 Å². The molecule has 0 spiro atoms. The molecule has 1 rings (SSSR count). The molecular formula is C9H16O4. The molecular weight excluding hydrogens is 172 g/mol. The summed E-state index contributed by atoms with van der Waals surface area (Å²) in [7, 11) is 0. The van der Waals surface area contributed by atoms with Crippen molar-refractivity contribution < 1.29 is 19.7 Å². The topological polar surface area (TPSA) is 66.8 Å². The van der Waals surface area contributed by atoms with E-state index in [1.165, 1.54) is 0 Å². The standard InChI is InChI=1S/C9H16O4/c1-5-4-9(12,8(10)11)13-7(3)6(5)2/h5-7,12H,4H2,1-3H3,(H,10,11). The first-order valence-electron chi connectivity index (χ1n) is 4.50. The average Bonchev–Trinajstić information content (AvgIpc) is 2.00. The Labute approximate surface area is 77.5 Å². The summed E-state index contributed by atoms with van der Waals surface area (Å²) in [5.41, 5.74) is 0. The summed E-state index contributed by atoms with van der Waals surface area (Å²) in [6, 6.07) is 0. The number of hydrogen-bond donors (Lipinski definition) is 2. The van der Waals surface area contributed by atoms with Crippen molar-refractivity contribution in [2.75, 3.05) is 0 Å². The van der Waals surface area contributed by atoms with E-state index in [4.69, 9.17) is 9.84 Å². The highest BCUT2D eigenvalue weighted by atomic mass is 16.7. The molecule has 0 aromatic carbocycles. The van der Waals surface area contributed by atoms with Crippen LogP contribution in [0.4, 0.5) is 0 Å². The van der Waals surface area contributed by atoms with Crippen LogP contribution in [0.15, 0.2) is 0 Å². The van der Waals surface area contributed by atoms with E-state index < -0.39 is 11.8 Å². The summed E-state index contributed by atoms with van der Waals surface area (Å²) in [5, 5.41) is 18.3. The summed E-state index contributed by atoms with van der Waals surface area (Å²) < 4.78 is 5.07. The van der Waals surface area contributed by atoms with E-state index in [1.807, 2.05) is 13.8 Å². The van der Waals surface area contributed by atoms with Crippen molar-refractivity contribution in [3.8, 4) is 0 Å². The van der Waals surface area contributed by atoms with E-state index in [2.05, 4.69) is 0 Å². The van der Waals surface area contributed by atoms with Crippen molar-refractivity contribution in [2.24, 2.45) is 11.8 Å². The van der Waals surface area contributed by atoms with E-state index in [0.717, 1.165) is 0 Å². The van der Waals surface area contributed by atoms with Gasteiger partial charge in [0.25, 0.3) is 5.79 Å². The highest BCUT2D eigenvalue weighted by Gasteiger charge is 2.46. The second kappa shape index (κ2) is 3.27. The third-order valence-electron chi connectivity index (χ3n) is 2.95. The molecule has 0 aromatic rings. The first-order valence-corrected chi connectivity index (χ1v) is 4.50. The van der Waals surface area contributed by atoms with Crippen LogP contribution in [-0.4, -0.2) is 28.1 Å². The maximum absolute atomic E-state index is 10.7. The van der Waals surface area contributed by atoms with Gasteiger partial charge < -0.3 is 14.9 Å². The predicted octanol–water partition coefficient (Wildman–Crippen LogP) is 0.841. The maximum Gasteiger partial charge on any atom is 0.364 e. The Kier molecular flexibility index (Phi) is 2.63. The molecule has 1 aliphatic heterocycles. The fourth-order valence-corrected chi connectivity index (χ4v) is 1.69. The first kappa shape index (κ1) is 10.5. The van der Waals surface area contributed by atoms with E-state index in [1.54, 1.807) is 6.92 Å². The molecule has 0 radical (unpaired) electrons. The summed E-state index contributed by atoms with van der Waals surface area (Å²) in [4.78, 5) is 10.7. The number of aliphatic carboxylic acids is 1. The summed E-state index contributed by atoms with van der Waals surface area (Å²) in [5.74, 6) is -2.84. The van der Waals surface area contributed by atoms with Crippen molar-refractivity contribution in [1.29, 1.82) is 0 Å². The van der Waals surface area contributed by atoms with E-state index in [-0.39, 0.29) is 24.4 Å². The van der Waals surface area contributed by atoms with Gasteiger partial charge in [0.1, 0.15) is 0 Å². The van der Waals surface area contributed by atoms with Gasteiger partial charge in [-0.05, 0) is 18.8 Å². The third-order valence-corrected chi connectivity index (χ3v) is 2.95.